The Morgan fingerprint density at radius 3 is 2.69 bits per heavy atom. The monoisotopic (exact) mass is 494 g/mol. The van der Waals surface area contributed by atoms with Crippen LogP contribution in [0.4, 0.5) is 5.69 Å². The van der Waals surface area contributed by atoms with Crippen molar-refractivity contribution in [3.8, 4) is 0 Å². The second kappa shape index (κ2) is 8.57. The van der Waals surface area contributed by atoms with Gasteiger partial charge in [-0.1, -0.05) is 66.2 Å². The van der Waals surface area contributed by atoms with Crippen molar-refractivity contribution in [2.24, 2.45) is 4.99 Å². The number of aromatic nitrogens is 1. The number of aliphatic imine (C=N–C) groups is 1. The van der Waals surface area contributed by atoms with Gasteiger partial charge in [-0.25, -0.2) is 4.99 Å². The van der Waals surface area contributed by atoms with Crippen molar-refractivity contribution in [2.75, 3.05) is 11.4 Å². The normalized spacial score (nSPS) is 16.5. The molecule has 36 heavy (non-hydrogen) atoms. The van der Waals surface area contributed by atoms with Crippen LogP contribution in [0.5, 0.6) is 0 Å². The summed E-state index contributed by atoms with van der Waals surface area (Å²) in [5.41, 5.74) is 7.35. The Morgan fingerprint density at radius 2 is 1.89 bits per heavy atom. The highest BCUT2D eigenvalue weighted by molar-refractivity contribution is 6.38. The molecular weight excluding hydrogens is 472 g/mol. The summed E-state index contributed by atoms with van der Waals surface area (Å²) in [7, 11) is 0. The maximum Gasteiger partial charge on any atom is 0.272 e. The summed E-state index contributed by atoms with van der Waals surface area (Å²) in [6.07, 6.45) is 1.12. The van der Waals surface area contributed by atoms with Crippen molar-refractivity contribution >= 4 is 45.7 Å². The third-order valence-electron chi connectivity index (χ3n) is 6.81. The van der Waals surface area contributed by atoms with Crippen LogP contribution in [0.3, 0.4) is 0 Å². The summed E-state index contributed by atoms with van der Waals surface area (Å²) < 4.78 is 0. The average molecular weight is 495 g/mol. The van der Waals surface area contributed by atoms with Crippen molar-refractivity contribution in [2.45, 2.75) is 26.4 Å². The lowest BCUT2D eigenvalue weighted by Gasteiger charge is -2.21. The quantitative estimate of drug-likeness (QED) is 0.435. The molecule has 2 aliphatic rings. The molecule has 1 aromatic heterocycles. The summed E-state index contributed by atoms with van der Waals surface area (Å²) in [4.78, 5) is 38.1. The molecule has 4 aromatic rings. The molecule has 0 bridgehead atoms. The average Bonchev–Trinajstić information content (AvgIpc) is 3.26. The van der Waals surface area contributed by atoms with Crippen LogP contribution < -0.4 is 10.2 Å². The summed E-state index contributed by atoms with van der Waals surface area (Å²) in [6, 6.07) is 19.7. The molecule has 7 heteroatoms. The largest absolute Gasteiger partial charge is 0.322 e. The molecule has 0 aliphatic carbocycles. The number of hydrogen-bond donors (Lipinski definition) is 1. The Kier molecular flexibility index (Phi) is 5.34. The van der Waals surface area contributed by atoms with E-state index < -0.39 is 12.1 Å². The fraction of sp³-hybridized carbons (Fsp3) is 0.172. The molecule has 0 spiro atoms. The van der Waals surface area contributed by atoms with Crippen LogP contribution in [0, 0.1) is 13.8 Å². The second-order valence-electron chi connectivity index (χ2n) is 9.23. The molecule has 0 saturated heterocycles. The van der Waals surface area contributed by atoms with Gasteiger partial charge in [-0.05, 0) is 43.0 Å². The van der Waals surface area contributed by atoms with Gasteiger partial charge in [0.1, 0.15) is 0 Å². The van der Waals surface area contributed by atoms with Gasteiger partial charge in [0.2, 0.25) is 6.17 Å². The SMILES string of the molecule is Cc1cc(C)c2c(Cl)c(C(=O)N[C@@H]3N=C(c4ccccc4)c4cccc5c4N(CC5)C3=O)cnc2c1. The lowest BCUT2D eigenvalue weighted by atomic mass is 9.98. The van der Waals surface area contributed by atoms with Crippen LogP contribution in [-0.2, 0) is 11.2 Å². The maximum atomic E-state index is 13.7. The van der Waals surface area contributed by atoms with E-state index in [-0.39, 0.29) is 11.5 Å². The van der Waals surface area contributed by atoms with E-state index in [9.17, 15) is 9.59 Å². The fourth-order valence-corrected chi connectivity index (χ4v) is 5.59. The number of carbonyl (C=O) groups excluding carboxylic acids is 2. The molecule has 0 fully saturated rings. The van der Waals surface area contributed by atoms with Crippen LogP contribution >= 0.6 is 11.6 Å². The van der Waals surface area contributed by atoms with Crippen molar-refractivity contribution in [1.29, 1.82) is 0 Å². The third-order valence-corrected chi connectivity index (χ3v) is 7.21. The highest BCUT2D eigenvalue weighted by Crippen LogP contribution is 2.36. The third kappa shape index (κ3) is 3.57. The number of halogens is 1. The Labute approximate surface area is 213 Å². The second-order valence-corrected chi connectivity index (χ2v) is 9.61. The minimum atomic E-state index is -1.10. The predicted molar refractivity (Wildman–Crippen MR) is 142 cm³/mol. The molecule has 0 saturated carbocycles. The number of fused-ring (bicyclic) bond motifs is 1. The van der Waals surface area contributed by atoms with Crippen molar-refractivity contribution in [3.63, 3.8) is 0 Å². The van der Waals surface area contributed by atoms with Gasteiger partial charge in [0.05, 0.1) is 27.5 Å². The Balaban J connectivity index is 1.44. The Morgan fingerprint density at radius 1 is 1.08 bits per heavy atom. The number of nitrogens with zero attached hydrogens (tertiary/aromatic N) is 3. The number of hydrogen-bond acceptors (Lipinski definition) is 4. The van der Waals surface area contributed by atoms with E-state index in [1.165, 1.54) is 6.20 Å². The smallest absolute Gasteiger partial charge is 0.272 e. The first-order valence-corrected chi connectivity index (χ1v) is 12.2. The number of nitrogens with one attached hydrogen (secondary N) is 1. The zero-order valence-corrected chi connectivity index (χ0v) is 20.6. The van der Waals surface area contributed by atoms with E-state index in [2.05, 4.69) is 10.3 Å². The van der Waals surface area contributed by atoms with Gasteiger partial charge in [-0.15, -0.1) is 0 Å². The number of anilines is 1. The van der Waals surface area contributed by atoms with Crippen LogP contribution in [-0.4, -0.2) is 35.2 Å². The minimum absolute atomic E-state index is 0.212. The van der Waals surface area contributed by atoms with Crippen molar-refractivity contribution in [1.82, 2.24) is 10.3 Å². The molecule has 3 aromatic carbocycles. The Hall–Kier alpha value is -4.03. The topological polar surface area (TPSA) is 74.7 Å². The van der Waals surface area contributed by atoms with Gasteiger partial charge < -0.3 is 10.2 Å². The molecule has 3 heterocycles. The van der Waals surface area contributed by atoms with Crippen LogP contribution in [0.1, 0.15) is 38.2 Å². The maximum absolute atomic E-state index is 13.7. The Bertz CT molecular complexity index is 1600. The molecule has 0 radical (unpaired) electrons. The molecule has 2 aliphatic heterocycles. The van der Waals surface area contributed by atoms with Crippen molar-refractivity contribution < 1.29 is 9.59 Å². The number of rotatable bonds is 3. The van der Waals surface area contributed by atoms with Gasteiger partial charge in [-0.2, -0.15) is 0 Å². The molecule has 2 amide bonds. The predicted octanol–water partition coefficient (Wildman–Crippen LogP) is 5.00. The van der Waals surface area contributed by atoms with Crippen LogP contribution in [0.25, 0.3) is 10.9 Å². The molecule has 1 N–H and O–H groups in total. The van der Waals surface area contributed by atoms with Crippen LogP contribution in [0.15, 0.2) is 71.9 Å². The van der Waals surface area contributed by atoms with E-state index >= 15 is 0 Å². The lowest BCUT2D eigenvalue weighted by Crippen LogP contribution is -2.47. The van der Waals surface area contributed by atoms with E-state index in [1.54, 1.807) is 4.90 Å². The van der Waals surface area contributed by atoms with E-state index in [4.69, 9.17) is 16.6 Å². The summed E-state index contributed by atoms with van der Waals surface area (Å²) in [5, 5.41) is 3.89. The minimum Gasteiger partial charge on any atom is -0.322 e. The van der Waals surface area contributed by atoms with Gasteiger partial charge in [0, 0.05) is 29.3 Å². The van der Waals surface area contributed by atoms with E-state index in [1.807, 2.05) is 74.5 Å². The van der Waals surface area contributed by atoms with Crippen LogP contribution in [0.2, 0.25) is 5.02 Å². The lowest BCUT2D eigenvalue weighted by molar-refractivity contribution is -0.120. The van der Waals surface area contributed by atoms with Crippen molar-refractivity contribution in [3.05, 3.63) is 105 Å². The molecule has 1 atom stereocenters. The molecule has 0 unspecified atom stereocenters. The van der Waals surface area contributed by atoms with E-state index in [0.29, 0.717) is 17.3 Å². The number of pyridine rings is 1. The first kappa shape index (κ1) is 22.4. The number of aryl methyl sites for hydroxylation is 2. The molecule has 6 rings (SSSR count). The highest BCUT2D eigenvalue weighted by Gasteiger charge is 2.37. The standard InChI is InChI=1S/C29H23ClN4O2/c1-16-13-17(2)23-22(14-16)31-15-21(24(23)30)28(35)33-27-29(36)34-12-11-19-9-6-10-20(26(19)34)25(32-27)18-7-4-3-5-8-18/h3-10,13-15,27H,11-12H2,1-2H3,(H,33,35)/t27-/m0/s1. The summed E-state index contributed by atoms with van der Waals surface area (Å²) in [6.45, 7) is 4.48. The van der Waals surface area contributed by atoms with Gasteiger partial charge in [-0.3, -0.25) is 14.6 Å². The first-order valence-electron chi connectivity index (χ1n) is 11.9. The zero-order valence-electron chi connectivity index (χ0n) is 19.9. The highest BCUT2D eigenvalue weighted by atomic mass is 35.5. The fourth-order valence-electron chi connectivity index (χ4n) is 5.21. The van der Waals surface area contributed by atoms with Gasteiger partial charge >= 0.3 is 0 Å². The number of para-hydroxylation sites is 1. The van der Waals surface area contributed by atoms with Gasteiger partial charge in [0.15, 0.2) is 0 Å². The van der Waals surface area contributed by atoms with Gasteiger partial charge in [0.25, 0.3) is 11.8 Å². The first-order chi connectivity index (χ1) is 17.4. The molecule has 6 nitrogen and oxygen atoms in total. The molecular formula is C29H23ClN4O2. The summed E-state index contributed by atoms with van der Waals surface area (Å²) in [5.74, 6) is -0.758. The number of amides is 2. The number of carbonyl (C=O) groups is 2. The number of benzene rings is 3. The molecule has 178 valence electrons. The summed E-state index contributed by atoms with van der Waals surface area (Å²) >= 11 is 6.71. The zero-order chi connectivity index (χ0) is 25.0. The van der Waals surface area contributed by atoms with E-state index in [0.717, 1.165) is 50.8 Å².